The third-order valence-corrected chi connectivity index (χ3v) is 6.67. The molecule has 30 heavy (non-hydrogen) atoms. The van der Waals surface area contributed by atoms with E-state index in [1.165, 1.54) is 11.9 Å². The van der Waals surface area contributed by atoms with E-state index in [1.807, 2.05) is 6.92 Å². The van der Waals surface area contributed by atoms with Crippen LogP contribution >= 0.6 is 23.5 Å². The first-order valence-electron chi connectivity index (χ1n) is 8.78. The molecule has 0 bridgehead atoms. The van der Waals surface area contributed by atoms with Crippen LogP contribution in [0, 0.1) is 5.82 Å². The van der Waals surface area contributed by atoms with Gasteiger partial charge in [-0.05, 0) is 43.3 Å². The summed E-state index contributed by atoms with van der Waals surface area (Å²) in [6.07, 6.45) is -2.27. The molecule has 0 aliphatic heterocycles. The molecule has 1 amide bonds. The summed E-state index contributed by atoms with van der Waals surface area (Å²) in [5.74, 6) is -1.82. The molecular weight excluding hydrogens is 450 g/mol. The predicted octanol–water partition coefficient (Wildman–Crippen LogP) is 3.67. The van der Waals surface area contributed by atoms with Crippen molar-refractivity contribution in [3.63, 3.8) is 0 Å². The van der Waals surface area contributed by atoms with Gasteiger partial charge in [0.15, 0.2) is 0 Å². The molecule has 3 rings (SSSR count). The molecule has 1 aliphatic rings. The third-order valence-electron chi connectivity index (χ3n) is 4.94. The van der Waals surface area contributed by atoms with Crippen molar-refractivity contribution < 1.29 is 22.4 Å². The van der Waals surface area contributed by atoms with Gasteiger partial charge in [0.25, 0.3) is 11.5 Å². The molecule has 1 aromatic carbocycles. The highest BCUT2D eigenvalue weighted by molar-refractivity contribution is 7.99. The molecule has 1 fully saturated rings. The molecule has 1 aliphatic carbocycles. The van der Waals surface area contributed by atoms with Crippen molar-refractivity contribution in [2.45, 2.75) is 37.1 Å². The highest BCUT2D eigenvalue weighted by Crippen LogP contribution is 2.49. The Labute approximate surface area is 177 Å². The normalized spacial score (nSPS) is 15.2. The average Bonchev–Trinajstić information content (AvgIpc) is 3.44. The second-order valence-corrected chi connectivity index (χ2v) is 8.58. The van der Waals surface area contributed by atoms with Crippen LogP contribution in [0.5, 0.6) is 0 Å². The van der Waals surface area contributed by atoms with Gasteiger partial charge in [0.1, 0.15) is 11.5 Å². The number of aromatic nitrogens is 2. The highest BCUT2D eigenvalue weighted by atomic mass is 35.5. The number of carbonyl (C=O) groups excluding carboxylic acids is 1. The van der Waals surface area contributed by atoms with E-state index in [2.05, 4.69) is 4.72 Å². The second-order valence-electron chi connectivity index (χ2n) is 6.90. The van der Waals surface area contributed by atoms with Crippen LogP contribution in [-0.2, 0) is 13.2 Å². The summed E-state index contributed by atoms with van der Waals surface area (Å²) in [4.78, 5) is 37.1. The number of amides is 1. The first-order valence-corrected chi connectivity index (χ1v) is 9.98. The Balaban J connectivity index is 2.06. The predicted molar refractivity (Wildman–Crippen MR) is 105 cm³/mol. The standard InChI is InChI=1S/C18H16ClF4N3O3S/c1-3-17(4-5-17)30-24-15(28)9-6-12(11(20)7-10(9)19)26-14(27)8-13(18(21,22)23)25(2)16(26)29/h6-8H,3-5H2,1-2H3,(H,24,28). The van der Waals surface area contributed by atoms with Crippen LogP contribution in [0.2, 0.25) is 5.02 Å². The van der Waals surface area contributed by atoms with Gasteiger partial charge in [-0.2, -0.15) is 13.2 Å². The summed E-state index contributed by atoms with van der Waals surface area (Å²) in [7, 11) is 0.805. The van der Waals surface area contributed by atoms with Crippen LogP contribution in [0.25, 0.3) is 5.69 Å². The van der Waals surface area contributed by atoms with Gasteiger partial charge in [-0.1, -0.05) is 18.5 Å². The molecule has 0 radical (unpaired) electrons. The van der Waals surface area contributed by atoms with Crippen LogP contribution in [0.1, 0.15) is 42.2 Å². The largest absolute Gasteiger partial charge is 0.431 e. The third kappa shape index (κ3) is 4.13. The maximum absolute atomic E-state index is 14.5. The summed E-state index contributed by atoms with van der Waals surface area (Å²) in [6.45, 7) is 1.97. The summed E-state index contributed by atoms with van der Waals surface area (Å²) in [5, 5.41) is -0.271. The van der Waals surface area contributed by atoms with Gasteiger partial charge in [0.05, 0.1) is 16.3 Å². The van der Waals surface area contributed by atoms with Gasteiger partial charge < -0.3 is 0 Å². The van der Waals surface area contributed by atoms with Crippen molar-refractivity contribution >= 4 is 29.5 Å². The lowest BCUT2D eigenvalue weighted by molar-refractivity contribution is -0.144. The van der Waals surface area contributed by atoms with Crippen molar-refractivity contribution in [2.24, 2.45) is 7.05 Å². The Kier molecular flexibility index (Phi) is 5.80. The minimum Gasteiger partial charge on any atom is -0.295 e. The minimum atomic E-state index is -4.95. The number of hydrogen-bond acceptors (Lipinski definition) is 4. The maximum Gasteiger partial charge on any atom is 0.431 e. The van der Waals surface area contributed by atoms with E-state index in [4.69, 9.17) is 11.6 Å². The number of nitrogens with one attached hydrogen (secondary N) is 1. The van der Waals surface area contributed by atoms with Crippen LogP contribution in [0.3, 0.4) is 0 Å². The van der Waals surface area contributed by atoms with Crippen molar-refractivity contribution in [3.05, 3.63) is 61.1 Å². The average molecular weight is 466 g/mol. The number of halogens is 5. The van der Waals surface area contributed by atoms with Crippen LogP contribution in [0.4, 0.5) is 17.6 Å². The smallest absolute Gasteiger partial charge is 0.295 e. The van der Waals surface area contributed by atoms with Crippen LogP contribution < -0.4 is 16.0 Å². The first-order chi connectivity index (χ1) is 13.9. The Morgan fingerprint density at radius 1 is 1.27 bits per heavy atom. The molecule has 1 saturated carbocycles. The zero-order valence-electron chi connectivity index (χ0n) is 15.8. The summed E-state index contributed by atoms with van der Waals surface area (Å²) in [5.41, 5.74) is -5.19. The van der Waals surface area contributed by atoms with Gasteiger partial charge in [-0.3, -0.25) is 18.9 Å². The molecule has 12 heteroatoms. The van der Waals surface area contributed by atoms with E-state index >= 15 is 0 Å². The fraction of sp³-hybridized carbons (Fsp3) is 0.389. The lowest BCUT2D eigenvalue weighted by Gasteiger charge is -2.16. The summed E-state index contributed by atoms with van der Waals surface area (Å²) >= 11 is 7.16. The fourth-order valence-corrected chi connectivity index (χ4v) is 3.98. The van der Waals surface area contributed by atoms with Crippen molar-refractivity contribution in [1.29, 1.82) is 0 Å². The monoisotopic (exact) mass is 465 g/mol. The van der Waals surface area contributed by atoms with Crippen molar-refractivity contribution in [2.75, 3.05) is 0 Å². The van der Waals surface area contributed by atoms with Gasteiger partial charge >= 0.3 is 11.9 Å². The van der Waals surface area contributed by atoms with Crippen LogP contribution in [0.15, 0.2) is 27.8 Å². The molecule has 1 heterocycles. The molecule has 1 aromatic heterocycles. The summed E-state index contributed by atoms with van der Waals surface area (Å²) < 4.78 is 56.5. The van der Waals surface area contributed by atoms with E-state index in [1.54, 1.807) is 0 Å². The molecule has 0 atom stereocenters. The Morgan fingerprint density at radius 2 is 1.90 bits per heavy atom. The number of alkyl halides is 3. The van der Waals surface area contributed by atoms with E-state index in [9.17, 15) is 31.9 Å². The van der Waals surface area contributed by atoms with Gasteiger partial charge in [-0.25, -0.2) is 13.8 Å². The zero-order valence-corrected chi connectivity index (χ0v) is 17.3. The number of nitrogens with zero attached hydrogens (tertiary/aromatic N) is 2. The Bertz CT molecular complexity index is 1140. The van der Waals surface area contributed by atoms with E-state index in [-0.39, 0.29) is 30.5 Å². The van der Waals surface area contributed by atoms with Crippen LogP contribution in [-0.4, -0.2) is 19.8 Å². The molecular formula is C18H16ClF4N3O3S. The quantitative estimate of drug-likeness (QED) is 0.540. The highest BCUT2D eigenvalue weighted by Gasteiger charge is 2.42. The van der Waals surface area contributed by atoms with E-state index in [0.717, 1.165) is 38.4 Å². The molecule has 0 unspecified atom stereocenters. The first kappa shape index (κ1) is 22.4. The number of carbonyl (C=O) groups is 1. The molecule has 162 valence electrons. The topological polar surface area (TPSA) is 73.1 Å². The number of benzene rings is 1. The van der Waals surface area contributed by atoms with E-state index < -0.39 is 40.5 Å². The number of hydrogen-bond donors (Lipinski definition) is 1. The molecule has 1 N–H and O–H groups in total. The molecule has 2 aromatic rings. The van der Waals surface area contributed by atoms with Gasteiger partial charge in [-0.15, -0.1) is 0 Å². The fourth-order valence-electron chi connectivity index (χ4n) is 2.88. The van der Waals surface area contributed by atoms with E-state index in [0.29, 0.717) is 0 Å². The number of rotatable bonds is 5. The molecule has 0 saturated heterocycles. The molecule has 0 spiro atoms. The van der Waals surface area contributed by atoms with Gasteiger partial charge in [0, 0.05) is 17.9 Å². The minimum absolute atomic E-state index is 0.0642. The van der Waals surface area contributed by atoms with Crippen molar-refractivity contribution in [1.82, 2.24) is 13.9 Å². The second kappa shape index (κ2) is 7.77. The Morgan fingerprint density at radius 3 is 2.43 bits per heavy atom. The van der Waals surface area contributed by atoms with Gasteiger partial charge in [0.2, 0.25) is 0 Å². The lowest BCUT2D eigenvalue weighted by atomic mass is 10.1. The summed E-state index contributed by atoms with van der Waals surface area (Å²) in [6, 6.07) is 1.78. The zero-order chi connectivity index (χ0) is 22.4. The van der Waals surface area contributed by atoms with Crippen molar-refractivity contribution in [3.8, 4) is 5.69 Å². The SMILES string of the molecule is CCC1(SNC(=O)c2cc(-n3c(=O)cc(C(F)(F)F)n(C)c3=O)c(F)cc2Cl)CC1. The lowest BCUT2D eigenvalue weighted by Crippen LogP contribution is -2.41. The molecule has 6 nitrogen and oxygen atoms in total. The Hall–Kier alpha value is -2.27. The maximum atomic E-state index is 14.5.